The Labute approximate surface area is 294 Å². The fourth-order valence-corrected chi connectivity index (χ4v) is 7.98. The molecule has 0 amide bonds. The second-order valence-corrected chi connectivity index (χ2v) is 13.7. The van der Waals surface area contributed by atoms with Gasteiger partial charge in [-0.3, -0.25) is 0 Å². The zero-order valence-corrected chi connectivity index (χ0v) is 28.3. The largest absolute Gasteiger partial charge is 0.309 e. The summed E-state index contributed by atoms with van der Waals surface area (Å²) in [6.45, 7) is 4.69. The molecule has 0 unspecified atom stereocenters. The molecule has 0 radical (unpaired) electrons. The number of para-hydroxylation sites is 1. The molecule has 0 spiro atoms. The lowest BCUT2D eigenvalue weighted by Crippen LogP contribution is -2.14. The summed E-state index contributed by atoms with van der Waals surface area (Å²) in [4.78, 5) is 2.43. The van der Waals surface area contributed by atoms with Crippen molar-refractivity contribution in [1.29, 1.82) is 0 Å². The van der Waals surface area contributed by atoms with Crippen molar-refractivity contribution >= 4 is 27.8 Å². The van der Waals surface area contributed by atoms with Crippen molar-refractivity contribution in [2.24, 2.45) is 0 Å². The van der Waals surface area contributed by atoms with Crippen molar-refractivity contribution in [3.63, 3.8) is 0 Å². The van der Waals surface area contributed by atoms with E-state index in [0.717, 1.165) is 17.1 Å². The van der Waals surface area contributed by atoms with E-state index in [4.69, 9.17) is 0 Å². The van der Waals surface area contributed by atoms with Crippen LogP contribution in [0, 0.1) is 0 Å². The summed E-state index contributed by atoms with van der Waals surface area (Å²) in [6, 6.07) is 68.5. The summed E-state index contributed by atoms with van der Waals surface area (Å²) in [5.74, 6) is 0. The Hall–Kier alpha value is -6.18. The highest BCUT2D eigenvalue weighted by Crippen LogP contribution is 2.52. The van der Waals surface area contributed by atoms with Crippen molar-refractivity contribution in [3.05, 3.63) is 199 Å². The van der Waals surface area contributed by atoms with Crippen molar-refractivity contribution < 1.29 is 0 Å². The van der Waals surface area contributed by atoms with Crippen molar-refractivity contribution in [1.82, 2.24) is 0 Å². The van der Waals surface area contributed by atoms with Gasteiger partial charge in [-0.25, -0.2) is 0 Å². The Morgan fingerprint density at radius 3 is 1.70 bits per heavy atom. The third-order valence-corrected chi connectivity index (χ3v) is 10.5. The Kier molecular flexibility index (Phi) is 7.21. The zero-order chi connectivity index (χ0) is 33.7. The third kappa shape index (κ3) is 4.94. The number of hydrogen-bond donors (Lipinski definition) is 0. The molecule has 0 heterocycles. The van der Waals surface area contributed by atoms with Crippen LogP contribution in [0.1, 0.15) is 25.0 Å². The first kappa shape index (κ1) is 29.9. The highest BCUT2D eigenvalue weighted by atomic mass is 15.1. The molecule has 0 fully saturated rings. The molecule has 0 aromatic heterocycles. The van der Waals surface area contributed by atoms with E-state index in [1.54, 1.807) is 0 Å². The molecule has 50 heavy (non-hydrogen) atoms. The van der Waals surface area contributed by atoms with Gasteiger partial charge in [0.25, 0.3) is 0 Å². The summed E-state index contributed by atoms with van der Waals surface area (Å²) < 4.78 is 0. The molecule has 0 bridgehead atoms. The van der Waals surface area contributed by atoms with Crippen LogP contribution in [-0.2, 0) is 5.41 Å². The number of benzene rings is 8. The Bertz CT molecular complexity index is 2480. The molecule has 8 aromatic carbocycles. The van der Waals surface area contributed by atoms with Crippen molar-refractivity contribution in [3.8, 4) is 44.5 Å². The van der Waals surface area contributed by atoms with Crippen LogP contribution in [0.2, 0.25) is 0 Å². The zero-order valence-electron chi connectivity index (χ0n) is 28.3. The average molecular weight is 640 g/mol. The van der Waals surface area contributed by atoms with Gasteiger partial charge in [0.15, 0.2) is 0 Å². The molecule has 0 saturated heterocycles. The number of hydrogen-bond acceptors (Lipinski definition) is 1. The van der Waals surface area contributed by atoms with Gasteiger partial charge in [0.1, 0.15) is 0 Å². The maximum absolute atomic E-state index is 2.43. The second kappa shape index (κ2) is 12.1. The van der Waals surface area contributed by atoms with E-state index >= 15 is 0 Å². The predicted molar refractivity (Wildman–Crippen MR) is 213 cm³/mol. The molecule has 9 rings (SSSR count). The summed E-state index contributed by atoms with van der Waals surface area (Å²) in [7, 11) is 0. The van der Waals surface area contributed by atoms with E-state index in [1.165, 1.54) is 66.4 Å². The standard InChI is InChI=1S/C49H37N/c1-49(2)44-22-10-8-20-43(44)48-42(21-13-23-45(48)49)38-30-32-39(33-31-38)50(47-25-12-17-36-16-6-7-18-40(36)47)46-24-11-9-19-41(46)37-28-26-35(27-29-37)34-14-4-3-5-15-34/h3-33H,1-2H3. The summed E-state index contributed by atoms with van der Waals surface area (Å²) in [5.41, 5.74) is 16.2. The molecule has 1 nitrogen and oxygen atoms in total. The van der Waals surface area contributed by atoms with Gasteiger partial charge in [0.2, 0.25) is 0 Å². The van der Waals surface area contributed by atoms with Gasteiger partial charge in [0.05, 0.1) is 11.4 Å². The van der Waals surface area contributed by atoms with Gasteiger partial charge in [-0.15, -0.1) is 0 Å². The van der Waals surface area contributed by atoms with E-state index in [2.05, 4.69) is 207 Å². The summed E-state index contributed by atoms with van der Waals surface area (Å²) in [5, 5.41) is 2.44. The van der Waals surface area contributed by atoms with Crippen LogP contribution < -0.4 is 4.90 Å². The van der Waals surface area contributed by atoms with Gasteiger partial charge in [-0.1, -0.05) is 178 Å². The predicted octanol–water partition coefficient (Wildman–Crippen LogP) is 13.6. The van der Waals surface area contributed by atoms with Gasteiger partial charge in [-0.2, -0.15) is 0 Å². The van der Waals surface area contributed by atoms with E-state index in [9.17, 15) is 0 Å². The molecular formula is C49H37N. The highest BCUT2D eigenvalue weighted by Gasteiger charge is 2.36. The molecule has 1 aliphatic rings. The van der Waals surface area contributed by atoms with E-state index in [0.29, 0.717) is 0 Å². The van der Waals surface area contributed by atoms with Crippen molar-refractivity contribution in [2.75, 3.05) is 4.90 Å². The molecular weight excluding hydrogens is 603 g/mol. The molecule has 1 heteroatoms. The molecule has 0 atom stereocenters. The Balaban J connectivity index is 1.19. The number of rotatable bonds is 6. The first-order valence-corrected chi connectivity index (χ1v) is 17.4. The van der Waals surface area contributed by atoms with Crippen LogP contribution in [-0.4, -0.2) is 0 Å². The maximum Gasteiger partial charge on any atom is 0.0540 e. The van der Waals surface area contributed by atoms with Crippen LogP contribution in [0.25, 0.3) is 55.3 Å². The van der Waals surface area contributed by atoms with Gasteiger partial charge in [0, 0.05) is 22.1 Å². The maximum atomic E-state index is 2.43. The molecule has 0 saturated carbocycles. The summed E-state index contributed by atoms with van der Waals surface area (Å²) in [6.07, 6.45) is 0. The normalized spacial score (nSPS) is 12.8. The molecule has 8 aromatic rings. The van der Waals surface area contributed by atoms with Gasteiger partial charge >= 0.3 is 0 Å². The number of nitrogens with zero attached hydrogens (tertiary/aromatic N) is 1. The molecule has 0 N–H and O–H groups in total. The SMILES string of the molecule is CC1(C)c2ccccc2-c2c(-c3ccc(N(c4ccccc4-c4ccc(-c5ccccc5)cc4)c4cccc5ccccc45)cc3)cccc21. The third-order valence-electron chi connectivity index (χ3n) is 10.5. The molecule has 1 aliphatic carbocycles. The highest BCUT2D eigenvalue weighted by molar-refractivity contribution is 6.01. The summed E-state index contributed by atoms with van der Waals surface area (Å²) >= 11 is 0. The average Bonchev–Trinajstić information content (AvgIpc) is 3.42. The lowest BCUT2D eigenvalue weighted by Gasteiger charge is -2.29. The minimum absolute atomic E-state index is 0.0317. The first-order chi connectivity index (χ1) is 24.6. The lowest BCUT2D eigenvalue weighted by atomic mass is 9.82. The van der Waals surface area contributed by atoms with Crippen LogP contribution in [0.5, 0.6) is 0 Å². The lowest BCUT2D eigenvalue weighted by molar-refractivity contribution is 0.660. The first-order valence-electron chi connectivity index (χ1n) is 17.4. The topological polar surface area (TPSA) is 3.24 Å². The Morgan fingerprint density at radius 2 is 0.880 bits per heavy atom. The van der Waals surface area contributed by atoms with E-state index in [1.807, 2.05) is 0 Å². The minimum Gasteiger partial charge on any atom is -0.309 e. The van der Waals surface area contributed by atoms with Crippen LogP contribution >= 0.6 is 0 Å². The van der Waals surface area contributed by atoms with Crippen LogP contribution in [0.3, 0.4) is 0 Å². The quantitative estimate of drug-likeness (QED) is 0.175. The second-order valence-electron chi connectivity index (χ2n) is 13.7. The fourth-order valence-electron chi connectivity index (χ4n) is 7.98. The molecule has 0 aliphatic heterocycles. The number of fused-ring (bicyclic) bond motifs is 4. The van der Waals surface area contributed by atoms with Gasteiger partial charge < -0.3 is 4.90 Å². The van der Waals surface area contributed by atoms with Gasteiger partial charge in [-0.05, 0) is 79.7 Å². The molecule has 238 valence electrons. The van der Waals surface area contributed by atoms with E-state index < -0.39 is 0 Å². The van der Waals surface area contributed by atoms with Crippen molar-refractivity contribution in [2.45, 2.75) is 19.3 Å². The monoisotopic (exact) mass is 639 g/mol. The van der Waals surface area contributed by atoms with Crippen LogP contribution in [0.4, 0.5) is 17.1 Å². The smallest absolute Gasteiger partial charge is 0.0540 e. The fraction of sp³-hybridized carbons (Fsp3) is 0.0612. The number of anilines is 3. The van der Waals surface area contributed by atoms with Crippen LogP contribution in [0.15, 0.2) is 188 Å². The van der Waals surface area contributed by atoms with E-state index in [-0.39, 0.29) is 5.41 Å². The minimum atomic E-state index is -0.0317. The Morgan fingerprint density at radius 1 is 0.360 bits per heavy atom.